The molecule has 1 atom stereocenters. The van der Waals surface area contributed by atoms with Crippen LogP contribution in [0, 0.1) is 18.3 Å². The first-order chi connectivity index (χ1) is 11.2. The smallest absolute Gasteiger partial charge is 0.240 e. The second-order valence-corrected chi connectivity index (χ2v) is 7.21. The normalized spacial score (nSPS) is 25.2. The first kappa shape index (κ1) is 20.4. The van der Waals surface area contributed by atoms with Gasteiger partial charge in [-0.15, -0.1) is 24.8 Å². The average molecular weight is 392 g/mol. The molecule has 2 saturated heterocycles. The molecule has 2 aliphatic heterocycles. The molecule has 9 heteroatoms. The summed E-state index contributed by atoms with van der Waals surface area (Å²) in [4.78, 5) is 21.3. The van der Waals surface area contributed by atoms with Crippen molar-refractivity contribution in [2.45, 2.75) is 32.7 Å². The van der Waals surface area contributed by atoms with Crippen molar-refractivity contribution >= 4 is 30.7 Å². The number of carbonyl (C=O) groups excluding carboxylic acids is 1. The van der Waals surface area contributed by atoms with Crippen molar-refractivity contribution in [1.82, 2.24) is 25.3 Å². The first-order valence-corrected chi connectivity index (χ1v) is 8.67. The Balaban J connectivity index is 0.00000113. The minimum Gasteiger partial charge on any atom is -0.340 e. The average Bonchev–Trinajstić information content (AvgIpc) is 3.09. The SMILES string of the molecule is Cc1noc(CN2CCN(C(=O)C3CC34CCNCC4)CC2)n1.Cl.Cl. The van der Waals surface area contributed by atoms with Gasteiger partial charge in [0.15, 0.2) is 5.82 Å². The summed E-state index contributed by atoms with van der Waals surface area (Å²) < 4.78 is 5.18. The van der Waals surface area contributed by atoms with Crippen LogP contribution < -0.4 is 5.32 Å². The van der Waals surface area contributed by atoms with Crippen LogP contribution in [0.25, 0.3) is 0 Å². The summed E-state index contributed by atoms with van der Waals surface area (Å²) in [6.45, 7) is 8.05. The highest BCUT2D eigenvalue weighted by Gasteiger charge is 2.58. The van der Waals surface area contributed by atoms with E-state index in [2.05, 4.69) is 25.3 Å². The molecular weight excluding hydrogens is 365 g/mol. The highest BCUT2D eigenvalue weighted by molar-refractivity contribution is 5.85. The fraction of sp³-hybridized carbons (Fsp3) is 0.812. The Morgan fingerprint density at radius 3 is 2.52 bits per heavy atom. The summed E-state index contributed by atoms with van der Waals surface area (Å²) in [7, 11) is 0. The number of halogens is 2. The van der Waals surface area contributed by atoms with E-state index < -0.39 is 0 Å². The largest absolute Gasteiger partial charge is 0.340 e. The number of nitrogens with zero attached hydrogens (tertiary/aromatic N) is 4. The Morgan fingerprint density at radius 1 is 1.24 bits per heavy atom. The van der Waals surface area contributed by atoms with Gasteiger partial charge < -0.3 is 14.7 Å². The lowest BCUT2D eigenvalue weighted by molar-refractivity contribution is -0.135. The van der Waals surface area contributed by atoms with Crippen molar-refractivity contribution in [2.75, 3.05) is 39.3 Å². The lowest BCUT2D eigenvalue weighted by Crippen LogP contribution is -2.49. The van der Waals surface area contributed by atoms with Crippen LogP contribution in [-0.2, 0) is 11.3 Å². The third kappa shape index (κ3) is 4.27. The van der Waals surface area contributed by atoms with Gasteiger partial charge in [0.1, 0.15) is 0 Å². The molecule has 0 radical (unpaired) electrons. The predicted molar refractivity (Wildman–Crippen MR) is 98.0 cm³/mol. The first-order valence-electron chi connectivity index (χ1n) is 8.67. The van der Waals surface area contributed by atoms with E-state index in [-0.39, 0.29) is 30.7 Å². The fourth-order valence-electron chi connectivity index (χ4n) is 4.12. The lowest BCUT2D eigenvalue weighted by atomic mass is 9.91. The van der Waals surface area contributed by atoms with Crippen LogP contribution in [0.2, 0.25) is 0 Å². The van der Waals surface area contributed by atoms with Gasteiger partial charge in [0.25, 0.3) is 0 Å². The molecule has 1 unspecified atom stereocenters. The lowest BCUT2D eigenvalue weighted by Gasteiger charge is -2.35. The standard InChI is InChI=1S/C16H25N5O2.2ClH/c1-12-18-14(23-19-12)11-20-6-8-21(9-7-20)15(22)13-10-16(13)2-4-17-5-3-16;;/h13,17H,2-11H2,1H3;2*1H. The van der Waals surface area contributed by atoms with Crippen LogP contribution in [0.3, 0.4) is 0 Å². The molecule has 0 bridgehead atoms. The van der Waals surface area contributed by atoms with Gasteiger partial charge in [-0.05, 0) is 44.7 Å². The quantitative estimate of drug-likeness (QED) is 0.835. The summed E-state index contributed by atoms with van der Waals surface area (Å²) >= 11 is 0. The van der Waals surface area contributed by atoms with Gasteiger partial charge in [-0.25, -0.2) is 0 Å². The molecule has 25 heavy (non-hydrogen) atoms. The number of piperidine rings is 1. The van der Waals surface area contributed by atoms with Crippen molar-refractivity contribution in [1.29, 1.82) is 0 Å². The van der Waals surface area contributed by atoms with Gasteiger partial charge in [0, 0.05) is 32.1 Å². The van der Waals surface area contributed by atoms with Crippen molar-refractivity contribution in [3.63, 3.8) is 0 Å². The molecule has 4 rings (SSSR count). The minimum absolute atomic E-state index is 0. The fourth-order valence-corrected chi connectivity index (χ4v) is 4.12. The molecule has 1 N–H and O–H groups in total. The highest BCUT2D eigenvalue weighted by Crippen LogP contribution is 2.59. The summed E-state index contributed by atoms with van der Waals surface area (Å²) in [5.74, 6) is 2.02. The van der Waals surface area contributed by atoms with Gasteiger partial charge >= 0.3 is 0 Å². The molecule has 0 aromatic carbocycles. The number of aromatic nitrogens is 2. The maximum atomic E-state index is 12.7. The topological polar surface area (TPSA) is 74.5 Å². The molecule has 142 valence electrons. The van der Waals surface area contributed by atoms with Crippen molar-refractivity contribution in [2.24, 2.45) is 11.3 Å². The maximum absolute atomic E-state index is 12.7. The predicted octanol–water partition coefficient (Wildman–Crippen LogP) is 1.26. The van der Waals surface area contributed by atoms with Gasteiger partial charge in [-0.2, -0.15) is 4.98 Å². The zero-order chi connectivity index (χ0) is 15.9. The molecule has 1 spiro atoms. The molecule has 1 aromatic heterocycles. The number of carbonyl (C=O) groups is 1. The summed E-state index contributed by atoms with van der Waals surface area (Å²) in [5, 5.41) is 7.22. The number of hydrogen-bond donors (Lipinski definition) is 1. The Morgan fingerprint density at radius 2 is 1.92 bits per heavy atom. The van der Waals surface area contributed by atoms with E-state index in [0.29, 0.717) is 29.6 Å². The second-order valence-electron chi connectivity index (χ2n) is 7.21. The number of piperazine rings is 1. The Bertz CT molecular complexity index is 583. The summed E-state index contributed by atoms with van der Waals surface area (Å²) in [6, 6.07) is 0. The zero-order valence-corrected chi connectivity index (χ0v) is 16.2. The van der Waals surface area contributed by atoms with E-state index in [1.54, 1.807) is 0 Å². The number of nitrogens with one attached hydrogen (secondary N) is 1. The monoisotopic (exact) mass is 391 g/mol. The number of aryl methyl sites for hydroxylation is 1. The molecular formula is C16H27Cl2N5O2. The molecule has 1 saturated carbocycles. The number of rotatable bonds is 3. The molecule has 3 aliphatic rings. The highest BCUT2D eigenvalue weighted by atomic mass is 35.5. The van der Waals surface area contributed by atoms with Crippen LogP contribution in [0.4, 0.5) is 0 Å². The van der Waals surface area contributed by atoms with E-state index in [0.717, 1.165) is 45.7 Å². The molecule has 1 aliphatic carbocycles. The third-order valence-corrected chi connectivity index (χ3v) is 5.70. The summed E-state index contributed by atoms with van der Waals surface area (Å²) in [6.07, 6.45) is 3.44. The van der Waals surface area contributed by atoms with E-state index in [1.807, 2.05) is 6.92 Å². The second kappa shape index (κ2) is 8.20. The zero-order valence-electron chi connectivity index (χ0n) is 14.6. The molecule has 1 amide bonds. The van der Waals surface area contributed by atoms with Gasteiger partial charge in [0.05, 0.1) is 6.54 Å². The van der Waals surface area contributed by atoms with Gasteiger partial charge in [0.2, 0.25) is 11.8 Å². The Hall–Kier alpha value is -0.890. The van der Waals surface area contributed by atoms with Crippen LogP contribution in [0.15, 0.2) is 4.52 Å². The van der Waals surface area contributed by atoms with Crippen LogP contribution in [0.5, 0.6) is 0 Å². The Kier molecular flexibility index (Phi) is 6.70. The third-order valence-electron chi connectivity index (χ3n) is 5.70. The van der Waals surface area contributed by atoms with Crippen LogP contribution in [-0.4, -0.2) is 65.1 Å². The number of hydrogen-bond acceptors (Lipinski definition) is 6. The van der Waals surface area contributed by atoms with Crippen molar-refractivity contribution in [3.05, 3.63) is 11.7 Å². The molecule has 7 nitrogen and oxygen atoms in total. The van der Waals surface area contributed by atoms with E-state index in [9.17, 15) is 4.79 Å². The summed E-state index contributed by atoms with van der Waals surface area (Å²) in [5.41, 5.74) is 0.334. The van der Waals surface area contributed by atoms with Gasteiger partial charge in [-0.1, -0.05) is 5.16 Å². The van der Waals surface area contributed by atoms with Crippen molar-refractivity contribution < 1.29 is 9.32 Å². The maximum Gasteiger partial charge on any atom is 0.240 e. The van der Waals surface area contributed by atoms with Crippen molar-refractivity contribution in [3.8, 4) is 0 Å². The van der Waals surface area contributed by atoms with E-state index in [1.165, 1.54) is 12.8 Å². The molecule has 3 heterocycles. The number of amides is 1. The van der Waals surface area contributed by atoms with Crippen LogP contribution in [0.1, 0.15) is 31.0 Å². The van der Waals surface area contributed by atoms with Crippen LogP contribution >= 0.6 is 24.8 Å². The molecule has 1 aromatic rings. The minimum atomic E-state index is 0. The van der Waals surface area contributed by atoms with Gasteiger partial charge in [-0.3, -0.25) is 9.69 Å². The Labute approximate surface area is 160 Å². The molecule has 3 fully saturated rings. The van der Waals surface area contributed by atoms with E-state index >= 15 is 0 Å². The van der Waals surface area contributed by atoms with E-state index in [4.69, 9.17) is 4.52 Å².